The smallest absolute Gasteiger partial charge is 0.123 e. The number of piperidine rings is 1. The van der Waals surface area contributed by atoms with Gasteiger partial charge in [-0.2, -0.15) is 0 Å². The van der Waals surface area contributed by atoms with Gasteiger partial charge in [-0.15, -0.1) is 0 Å². The lowest BCUT2D eigenvalue weighted by atomic mass is 10.0. The van der Waals surface area contributed by atoms with Gasteiger partial charge in [-0.25, -0.2) is 0 Å². The molecule has 4 nitrogen and oxygen atoms in total. The second-order valence-electron chi connectivity index (χ2n) is 5.34. The van der Waals surface area contributed by atoms with Crippen molar-refractivity contribution in [2.45, 2.75) is 25.8 Å². The monoisotopic (exact) mass is 263 g/mol. The first-order chi connectivity index (χ1) is 9.10. The fraction of sp³-hybridized carbons (Fsp3) is 0.600. The quantitative estimate of drug-likeness (QED) is 0.846. The molecule has 1 saturated heterocycles. The van der Waals surface area contributed by atoms with E-state index in [-0.39, 0.29) is 0 Å². The Bertz CT molecular complexity index is 414. The van der Waals surface area contributed by atoms with Gasteiger partial charge in [0.15, 0.2) is 0 Å². The molecule has 19 heavy (non-hydrogen) atoms. The average molecular weight is 263 g/mol. The Balaban J connectivity index is 2.11. The summed E-state index contributed by atoms with van der Waals surface area (Å²) in [6.07, 6.45) is 2.40. The third-order valence-corrected chi connectivity index (χ3v) is 3.87. The van der Waals surface area contributed by atoms with E-state index in [0.29, 0.717) is 12.6 Å². The van der Waals surface area contributed by atoms with Crippen molar-refractivity contribution in [3.05, 3.63) is 18.2 Å². The molecule has 0 atom stereocenters. The summed E-state index contributed by atoms with van der Waals surface area (Å²) < 4.78 is 5.57. The summed E-state index contributed by atoms with van der Waals surface area (Å²) in [5.41, 5.74) is 7.88. The maximum Gasteiger partial charge on any atom is 0.123 e. The van der Waals surface area contributed by atoms with E-state index in [4.69, 9.17) is 10.5 Å². The van der Waals surface area contributed by atoms with Gasteiger partial charge in [0, 0.05) is 36.6 Å². The van der Waals surface area contributed by atoms with Crippen molar-refractivity contribution in [3.8, 4) is 5.75 Å². The highest BCUT2D eigenvalue weighted by Crippen LogP contribution is 2.28. The number of benzene rings is 1. The van der Waals surface area contributed by atoms with E-state index in [1.807, 2.05) is 19.1 Å². The molecule has 2 N–H and O–H groups in total. The van der Waals surface area contributed by atoms with Gasteiger partial charge in [0.2, 0.25) is 0 Å². The molecule has 0 saturated carbocycles. The van der Waals surface area contributed by atoms with Gasteiger partial charge < -0.3 is 20.3 Å². The first-order valence-corrected chi connectivity index (χ1v) is 7.05. The number of hydrogen-bond donors (Lipinski definition) is 1. The van der Waals surface area contributed by atoms with Crippen LogP contribution in [0.5, 0.6) is 5.75 Å². The average Bonchev–Trinajstić information content (AvgIpc) is 2.38. The van der Waals surface area contributed by atoms with Crippen molar-refractivity contribution >= 4 is 11.4 Å². The fourth-order valence-electron chi connectivity index (χ4n) is 2.65. The molecule has 0 unspecified atom stereocenters. The Morgan fingerprint density at radius 1 is 1.32 bits per heavy atom. The maximum absolute atomic E-state index is 5.96. The van der Waals surface area contributed by atoms with E-state index < -0.39 is 0 Å². The van der Waals surface area contributed by atoms with Gasteiger partial charge in [0.05, 0.1) is 6.61 Å². The van der Waals surface area contributed by atoms with Crippen LogP contribution in [0, 0.1) is 0 Å². The zero-order chi connectivity index (χ0) is 13.8. The van der Waals surface area contributed by atoms with Crippen molar-refractivity contribution in [2.75, 3.05) is 44.4 Å². The summed E-state index contributed by atoms with van der Waals surface area (Å²) in [5, 5.41) is 0. The SMILES string of the molecule is CCOc1cc(N)cc(N(C)C2CCN(C)CC2)c1. The number of nitrogens with zero attached hydrogens (tertiary/aromatic N) is 2. The van der Waals surface area contributed by atoms with Crippen LogP contribution in [0.1, 0.15) is 19.8 Å². The highest BCUT2D eigenvalue weighted by Gasteiger charge is 2.21. The van der Waals surface area contributed by atoms with Crippen LogP contribution in [-0.4, -0.2) is 44.7 Å². The minimum Gasteiger partial charge on any atom is -0.494 e. The highest BCUT2D eigenvalue weighted by atomic mass is 16.5. The molecule has 1 aromatic carbocycles. The van der Waals surface area contributed by atoms with Gasteiger partial charge in [-0.3, -0.25) is 0 Å². The number of nitrogen functional groups attached to an aromatic ring is 1. The molecule has 0 radical (unpaired) electrons. The van der Waals surface area contributed by atoms with E-state index in [1.165, 1.54) is 12.8 Å². The van der Waals surface area contributed by atoms with Gasteiger partial charge in [0.25, 0.3) is 0 Å². The van der Waals surface area contributed by atoms with Gasteiger partial charge in [-0.1, -0.05) is 0 Å². The predicted molar refractivity (Wildman–Crippen MR) is 80.9 cm³/mol. The minimum absolute atomic E-state index is 0.590. The van der Waals surface area contributed by atoms with Gasteiger partial charge in [-0.05, 0) is 46.0 Å². The molecular formula is C15H25N3O. The van der Waals surface area contributed by atoms with E-state index in [9.17, 15) is 0 Å². The van der Waals surface area contributed by atoms with E-state index in [1.54, 1.807) is 0 Å². The molecule has 0 bridgehead atoms. The summed E-state index contributed by atoms with van der Waals surface area (Å²) in [6.45, 7) is 4.98. The van der Waals surface area contributed by atoms with Crippen LogP contribution in [0.4, 0.5) is 11.4 Å². The van der Waals surface area contributed by atoms with Gasteiger partial charge >= 0.3 is 0 Å². The van der Waals surface area contributed by atoms with E-state index in [2.05, 4.69) is 30.0 Å². The second-order valence-corrected chi connectivity index (χ2v) is 5.34. The summed E-state index contributed by atoms with van der Waals surface area (Å²) in [4.78, 5) is 4.72. The predicted octanol–water partition coefficient (Wildman–Crippen LogP) is 2.20. The van der Waals surface area contributed by atoms with E-state index in [0.717, 1.165) is 30.2 Å². The molecule has 4 heteroatoms. The number of rotatable bonds is 4. The molecule has 1 aliphatic rings. The Morgan fingerprint density at radius 3 is 2.63 bits per heavy atom. The normalized spacial score (nSPS) is 17.4. The number of ether oxygens (including phenoxy) is 1. The summed E-state index contributed by atoms with van der Waals surface area (Å²) >= 11 is 0. The zero-order valence-electron chi connectivity index (χ0n) is 12.2. The van der Waals surface area contributed by atoms with Crippen LogP contribution in [0.25, 0.3) is 0 Å². The van der Waals surface area contributed by atoms with Crippen LogP contribution in [0.2, 0.25) is 0 Å². The summed E-state index contributed by atoms with van der Waals surface area (Å²) in [7, 11) is 4.34. The molecule has 106 valence electrons. The molecular weight excluding hydrogens is 238 g/mol. The Morgan fingerprint density at radius 2 is 2.00 bits per heavy atom. The molecule has 2 rings (SSSR count). The molecule has 1 heterocycles. The Labute approximate surface area is 116 Å². The summed E-state index contributed by atoms with van der Waals surface area (Å²) in [5.74, 6) is 0.859. The van der Waals surface area contributed by atoms with Crippen molar-refractivity contribution in [2.24, 2.45) is 0 Å². The van der Waals surface area contributed by atoms with Crippen LogP contribution >= 0.6 is 0 Å². The molecule has 1 aromatic rings. The third kappa shape index (κ3) is 3.53. The lowest BCUT2D eigenvalue weighted by Gasteiger charge is -2.36. The lowest BCUT2D eigenvalue weighted by Crippen LogP contribution is -2.42. The molecule has 0 aliphatic carbocycles. The van der Waals surface area contributed by atoms with Crippen LogP contribution in [0.15, 0.2) is 18.2 Å². The van der Waals surface area contributed by atoms with Crippen LogP contribution in [-0.2, 0) is 0 Å². The van der Waals surface area contributed by atoms with Crippen molar-refractivity contribution in [3.63, 3.8) is 0 Å². The minimum atomic E-state index is 0.590. The van der Waals surface area contributed by atoms with Crippen molar-refractivity contribution in [1.82, 2.24) is 4.90 Å². The van der Waals surface area contributed by atoms with Crippen molar-refractivity contribution in [1.29, 1.82) is 0 Å². The van der Waals surface area contributed by atoms with Crippen LogP contribution in [0.3, 0.4) is 0 Å². The number of anilines is 2. The first-order valence-electron chi connectivity index (χ1n) is 7.05. The summed E-state index contributed by atoms with van der Waals surface area (Å²) in [6, 6.07) is 6.58. The molecule has 1 fully saturated rings. The zero-order valence-corrected chi connectivity index (χ0v) is 12.2. The molecule has 0 aromatic heterocycles. The lowest BCUT2D eigenvalue weighted by molar-refractivity contribution is 0.253. The number of hydrogen-bond acceptors (Lipinski definition) is 4. The fourth-order valence-corrected chi connectivity index (χ4v) is 2.65. The number of nitrogens with two attached hydrogens (primary N) is 1. The first kappa shape index (κ1) is 14.0. The topological polar surface area (TPSA) is 41.7 Å². The Hall–Kier alpha value is -1.42. The van der Waals surface area contributed by atoms with E-state index >= 15 is 0 Å². The van der Waals surface area contributed by atoms with Crippen LogP contribution < -0.4 is 15.4 Å². The third-order valence-electron chi connectivity index (χ3n) is 3.87. The largest absolute Gasteiger partial charge is 0.494 e. The molecule has 0 amide bonds. The number of likely N-dealkylation sites (tertiary alicyclic amines) is 1. The highest BCUT2D eigenvalue weighted by molar-refractivity contribution is 5.60. The molecule has 0 spiro atoms. The maximum atomic E-state index is 5.96. The standard InChI is InChI=1S/C15H25N3O/c1-4-19-15-10-12(16)9-14(11-15)18(3)13-5-7-17(2)8-6-13/h9-11,13H,4-8,16H2,1-3H3. The van der Waals surface area contributed by atoms with Gasteiger partial charge in [0.1, 0.15) is 5.75 Å². The molecule has 1 aliphatic heterocycles. The second kappa shape index (κ2) is 6.15. The Kier molecular flexibility index (Phi) is 4.53. The van der Waals surface area contributed by atoms with Crippen molar-refractivity contribution < 1.29 is 4.74 Å².